The number of nitro benzene ring substituents is 1. The predicted molar refractivity (Wildman–Crippen MR) is 74.1 cm³/mol. The number of halogens is 2. The van der Waals surface area contributed by atoms with Gasteiger partial charge in [-0.2, -0.15) is 11.3 Å². The molecule has 2 aromatic rings. The van der Waals surface area contributed by atoms with Gasteiger partial charge in [0.25, 0.3) is 5.69 Å². The van der Waals surface area contributed by atoms with Crippen LogP contribution in [0.25, 0.3) is 0 Å². The maximum atomic E-state index is 13.7. The molecule has 1 atom stereocenters. The summed E-state index contributed by atoms with van der Waals surface area (Å²) in [5.41, 5.74) is 0.160. The molecule has 1 aromatic carbocycles. The van der Waals surface area contributed by atoms with E-state index in [1.54, 1.807) is 6.92 Å². The molecule has 20 heavy (non-hydrogen) atoms. The Morgan fingerprint density at radius 1 is 1.40 bits per heavy atom. The first-order valence-electron chi connectivity index (χ1n) is 5.89. The van der Waals surface area contributed by atoms with Crippen LogP contribution in [0.3, 0.4) is 0 Å². The van der Waals surface area contributed by atoms with Gasteiger partial charge in [0.2, 0.25) is 0 Å². The number of hydrogen-bond acceptors (Lipinski definition) is 4. The number of thiophene rings is 1. The average molecular weight is 298 g/mol. The van der Waals surface area contributed by atoms with Gasteiger partial charge in [0, 0.05) is 12.1 Å². The summed E-state index contributed by atoms with van der Waals surface area (Å²) in [6.45, 7) is 1.76. The normalized spacial score (nSPS) is 12.2. The summed E-state index contributed by atoms with van der Waals surface area (Å²) in [5, 5.41) is 17.4. The largest absolute Gasteiger partial charge is 0.374 e. The number of anilines is 1. The van der Waals surface area contributed by atoms with E-state index in [1.807, 2.05) is 16.8 Å². The van der Waals surface area contributed by atoms with Gasteiger partial charge in [0.1, 0.15) is 0 Å². The lowest BCUT2D eigenvalue weighted by atomic mass is 10.1. The Kier molecular flexibility index (Phi) is 4.29. The molecule has 1 N–H and O–H groups in total. The van der Waals surface area contributed by atoms with E-state index in [-0.39, 0.29) is 6.04 Å². The highest BCUT2D eigenvalue weighted by molar-refractivity contribution is 7.07. The fourth-order valence-corrected chi connectivity index (χ4v) is 2.57. The zero-order valence-electron chi connectivity index (χ0n) is 10.6. The third-order valence-electron chi connectivity index (χ3n) is 2.78. The van der Waals surface area contributed by atoms with Gasteiger partial charge in [-0.15, -0.1) is 0 Å². The number of nitrogens with zero attached hydrogens (tertiary/aromatic N) is 1. The van der Waals surface area contributed by atoms with Gasteiger partial charge < -0.3 is 5.32 Å². The number of rotatable bonds is 5. The average Bonchev–Trinajstić information content (AvgIpc) is 2.87. The highest BCUT2D eigenvalue weighted by atomic mass is 32.1. The molecule has 1 aromatic heterocycles. The van der Waals surface area contributed by atoms with Gasteiger partial charge in [0.05, 0.1) is 4.92 Å². The SMILES string of the molecule is CC(Cc1ccsc1)Nc1c([N+](=O)[O-])ccc(F)c1F. The van der Waals surface area contributed by atoms with Crippen LogP contribution >= 0.6 is 11.3 Å². The smallest absolute Gasteiger partial charge is 0.295 e. The van der Waals surface area contributed by atoms with Crippen LogP contribution in [-0.2, 0) is 6.42 Å². The zero-order chi connectivity index (χ0) is 14.7. The molecule has 0 bridgehead atoms. The fraction of sp³-hybridized carbons (Fsp3) is 0.231. The third kappa shape index (κ3) is 3.11. The molecule has 0 saturated carbocycles. The van der Waals surface area contributed by atoms with Crippen molar-refractivity contribution in [3.8, 4) is 0 Å². The maximum absolute atomic E-state index is 13.7. The van der Waals surface area contributed by atoms with Crippen molar-refractivity contribution in [2.45, 2.75) is 19.4 Å². The van der Waals surface area contributed by atoms with Crippen molar-refractivity contribution >= 4 is 22.7 Å². The Morgan fingerprint density at radius 3 is 2.75 bits per heavy atom. The van der Waals surface area contributed by atoms with Crippen molar-refractivity contribution < 1.29 is 13.7 Å². The molecule has 0 aliphatic heterocycles. The Labute approximate surface area is 118 Å². The summed E-state index contributed by atoms with van der Waals surface area (Å²) in [4.78, 5) is 10.1. The van der Waals surface area contributed by atoms with E-state index >= 15 is 0 Å². The number of benzene rings is 1. The summed E-state index contributed by atoms with van der Waals surface area (Å²) >= 11 is 1.53. The van der Waals surface area contributed by atoms with Gasteiger partial charge >= 0.3 is 0 Å². The van der Waals surface area contributed by atoms with Gasteiger partial charge in [-0.3, -0.25) is 10.1 Å². The minimum absolute atomic E-state index is 0.264. The molecular weight excluding hydrogens is 286 g/mol. The standard InChI is InChI=1S/C13H12F2N2O2S/c1-8(6-9-4-5-20-7-9)16-13-11(17(18)19)3-2-10(14)12(13)15/h2-5,7-8,16H,6H2,1H3. The third-order valence-corrected chi connectivity index (χ3v) is 3.51. The van der Waals surface area contributed by atoms with Crippen LogP contribution in [0.2, 0.25) is 0 Å². The number of nitro groups is 1. The summed E-state index contributed by atoms with van der Waals surface area (Å²) in [7, 11) is 0. The van der Waals surface area contributed by atoms with Crippen LogP contribution in [0.4, 0.5) is 20.2 Å². The van der Waals surface area contributed by atoms with Crippen molar-refractivity contribution in [1.82, 2.24) is 0 Å². The maximum Gasteiger partial charge on any atom is 0.295 e. The Bertz CT molecular complexity index is 617. The Hall–Kier alpha value is -2.02. The van der Waals surface area contributed by atoms with E-state index in [0.29, 0.717) is 6.42 Å². The quantitative estimate of drug-likeness (QED) is 0.671. The molecule has 106 valence electrons. The monoisotopic (exact) mass is 298 g/mol. The lowest BCUT2D eigenvalue weighted by molar-refractivity contribution is -0.384. The lowest BCUT2D eigenvalue weighted by Crippen LogP contribution is -2.20. The summed E-state index contributed by atoms with van der Waals surface area (Å²) in [5.74, 6) is -2.34. The van der Waals surface area contributed by atoms with Crippen LogP contribution in [0, 0.1) is 21.7 Å². The predicted octanol–water partition coefficient (Wildman–Crippen LogP) is 3.98. The first-order valence-corrected chi connectivity index (χ1v) is 6.83. The number of nitrogens with one attached hydrogen (secondary N) is 1. The van der Waals surface area contributed by atoms with Crippen LogP contribution in [0.15, 0.2) is 29.0 Å². The highest BCUT2D eigenvalue weighted by Crippen LogP contribution is 2.30. The van der Waals surface area contributed by atoms with Gasteiger partial charge in [0.15, 0.2) is 17.3 Å². The molecule has 4 nitrogen and oxygen atoms in total. The summed E-state index contributed by atoms with van der Waals surface area (Å²) in [6, 6.07) is 3.36. The van der Waals surface area contributed by atoms with Gasteiger partial charge in [-0.1, -0.05) is 0 Å². The Balaban J connectivity index is 2.23. The van der Waals surface area contributed by atoms with Crippen LogP contribution in [0.1, 0.15) is 12.5 Å². The molecule has 0 spiro atoms. The Morgan fingerprint density at radius 2 is 2.15 bits per heavy atom. The minimum Gasteiger partial charge on any atom is -0.374 e. The molecule has 0 saturated heterocycles. The lowest BCUT2D eigenvalue weighted by Gasteiger charge is -2.15. The second-order valence-electron chi connectivity index (χ2n) is 4.39. The zero-order valence-corrected chi connectivity index (χ0v) is 11.4. The van der Waals surface area contributed by atoms with Gasteiger partial charge in [-0.05, 0) is 41.8 Å². The molecule has 1 unspecified atom stereocenters. The minimum atomic E-state index is -1.23. The van der Waals surface area contributed by atoms with Crippen molar-refractivity contribution in [1.29, 1.82) is 0 Å². The van der Waals surface area contributed by atoms with Crippen molar-refractivity contribution in [3.63, 3.8) is 0 Å². The molecule has 0 amide bonds. The first kappa shape index (κ1) is 14.4. The highest BCUT2D eigenvalue weighted by Gasteiger charge is 2.22. The molecule has 1 heterocycles. The molecule has 2 rings (SSSR count). The molecule has 0 radical (unpaired) electrons. The second kappa shape index (κ2) is 5.96. The molecule has 0 aliphatic carbocycles. The first-order chi connectivity index (χ1) is 9.49. The van der Waals surface area contributed by atoms with Crippen LogP contribution in [0.5, 0.6) is 0 Å². The van der Waals surface area contributed by atoms with E-state index in [0.717, 1.165) is 17.7 Å². The molecule has 0 fully saturated rings. The van der Waals surface area contributed by atoms with E-state index in [9.17, 15) is 18.9 Å². The topological polar surface area (TPSA) is 55.2 Å². The van der Waals surface area contributed by atoms with Crippen molar-refractivity contribution in [2.24, 2.45) is 0 Å². The summed E-state index contributed by atoms with van der Waals surface area (Å²) < 4.78 is 26.9. The van der Waals surface area contributed by atoms with Gasteiger partial charge in [-0.25, -0.2) is 8.78 Å². The fourth-order valence-electron chi connectivity index (χ4n) is 1.89. The van der Waals surface area contributed by atoms with Crippen molar-refractivity contribution in [2.75, 3.05) is 5.32 Å². The molecule has 0 aliphatic rings. The van der Waals surface area contributed by atoms with Crippen molar-refractivity contribution in [3.05, 3.63) is 56.3 Å². The number of hydrogen-bond donors (Lipinski definition) is 1. The van der Waals surface area contributed by atoms with E-state index < -0.39 is 27.9 Å². The molecule has 7 heteroatoms. The van der Waals surface area contributed by atoms with E-state index in [1.165, 1.54) is 11.3 Å². The second-order valence-corrected chi connectivity index (χ2v) is 5.17. The molecular formula is C13H12F2N2O2S. The summed E-state index contributed by atoms with van der Waals surface area (Å²) in [6.07, 6.45) is 0.566. The van der Waals surface area contributed by atoms with Crippen LogP contribution < -0.4 is 5.32 Å². The van der Waals surface area contributed by atoms with E-state index in [2.05, 4.69) is 5.32 Å². The van der Waals surface area contributed by atoms with Crippen LogP contribution in [-0.4, -0.2) is 11.0 Å². The van der Waals surface area contributed by atoms with E-state index in [4.69, 9.17) is 0 Å².